The minimum absolute atomic E-state index is 0.00134. The van der Waals surface area contributed by atoms with Crippen molar-refractivity contribution in [3.63, 3.8) is 0 Å². The second kappa shape index (κ2) is 3.81. The third-order valence-corrected chi connectivity index (χ3v) is 5.18. The van der Waals surface area contributed by atoms with Crippen LogP contribution in [0.3, 0.4) is 0 Å². The Hall–Kier alpha value is 0.660. The highest BCUT2D eigenvalue weighted by molar-refractivity contribution is 8.77. The fraction of sp³-hybridized carbons (Fsp3) is 1.00. The van der Waals surface area contributed by atoms with Gasteiger partial charge in [-0.15, -0.1) is 0 Å². The maximum absolute atomic E-state index is 5.98. The predicted molar refractivity (Wildman–Crippen MR) is 58.7 cm³/mol. The van der Waals surface area contributed by atoms with Crippen molar-refractivity contribution in [2.45, 2.75) is 56.8 Å². The van der Waals surface area contributed by atoms with Crippen LogP contribution < -0.4 is 0 Å². The van der Waals surface area contributed by atoms with E-state index >= 15 is 0 Å². The molecule has 0 aliphatic carbocycles. The maximum atomic E-state index is 5.98. The zero-order valence-electron chi connectivity index (χ0n) is 8.46. The predicted octanol–water partition coefficient (Wildman–Crippen LogP) is 3.34. The third kappa shape index (κ3) is 2.86. The van der Waals surface area contributed by atoms with Gasteiger partial charge < -0.3 is 4.74 Å². The summed E-state index contributed by atoms with van der Waals surface area (Å²) in [4.78, 5) is 0. The van der Waals surface area contributed by atoms with Gasteiger partial charge >= 0.3 is 0 Å². The van der Waals surface area contributed by atoms with Crippen LogP contribution in [0.2, 0.25) is 0 Å². The van der Waals surface area contributed by atoms with Crippen LogP contribution in [0, 0.1) is 0 Å². The summed E-state index contributed by atoms with van der Waals surface area (Å²) in [5, 5.41) is 1.26. The molecule has 1 fully saturated rings. The van der Waals surface area contributed by atoms with Crippen LogP contribution in [-0.2, 0) is 4.74 Å². The summed E-state index contributed by atoms with van der Waals surface area (Å²) in [5.74, 6) is 0. The Balaban J connectivity index is 2.50. The van der Waals surface area contributed by atoms with Crippen LogP contribution in [-0.4, -0.2) is 22.2 Å². The molecule has 1 aliphatic heterocycles. The monoisotopic (exact) mass is 206 g/mol. The first-order valence-electron chi connectivity index (χ1n) is 4.40. The van der Waals surface area contributed by atoms with Crippen molar-refractivity contribution in [1.29, 1.82) is 0 Å². The first-order valence-corrected chi connectivity index (χ1v) is 6.68. The van der Waals surface area contributed by atoms with Crippen molar-refractivity contribution >= 4 is 21.6 Å². The highest BCUT2D eigenvalue weighted by atomic mass is 33.1. The Bertz CT molecular complexity index is 143. The molecule has 0 N–H and O–H groups in total. The molecule has 3 heteroatoms. The molecule has 1 aliphatic rings. The van der Waals surface area contributed by atoms with E-state index in [1.807, 2.05) is 21.6 Å². The highest BCUT2D eigenvalue weighted by Crippen LogP contribution is 2.45. The van der Waals surface area contributed by atoms with Crippen molar-refractivity contribution in [3.8, 4) is 0 Å². The van der Waals surface area contributed by atoms with Crippen molar-refractivity contribution < 1.29 is 4.74 Å². The molecule has 0 amide bonds. The molecule has 1 saturated heterocycles. The molecule has 0 bridgehead atoms. The number of ether oxygens (including phenoxy) is 1. The van der Waals surface area contributed by atoms with E-state index < -0.39 is 0 Å². The second-order valence-corrected chi connectivity index (χ2v) is 7.32. The van der Waals surface area contributed by atoms with Crippen LogP contribution >= 0.6 is 21.6 Å². The zero-order chi connectivity index (χ0) is 9.35. The van der Waals surface area contributed by atoms with Crippen molar-refractivity contribution in [2.24, 2.45) is 0 Å². The fourth-order valence-electron chi connectivity index (χ4n) is 1.27. The molecular formula is C9H18OS2. The SMILES string of the molecule is CC1SSC(C)C1OC(C)(C)C. The van der Waals surface area contributed by atoms with E-state index in [9.17, 15) is 0 Å². The van der Waals surface area contributed by atoms with Gasteiger partial charge in [0, 0.05) is 10.5 Å². The zero-order valence-corrected chi connectivity index (χ0v) is 10.1. The molecule has 12 heavy (non-hydrogen) atoms. The molecule has 0 saturated carbocycles. The number of hydrogen-bond donors (Lipinski definition) is 0. The van der Waals surface area contributed by atoms with Gasteiger partial charge in [-0.2, -0.15) is 0 Å². The summed E-state index contributed by atoms with van der Waals surface area (Å²) in [6.45, 7) is 10.9. The van der Waals surface area contributed by atoms with Crippen molar-refractivity contribution in [1.82, 2.24) is 0 Å². The van der Waals surface area contributed by atoms with Gasteiger partial charge in [-0.1, -0.05) is 21.6 Å². The second-order valence-electron chi connectivity index (χ2n) is 4.30. The van der Waals surface area contributed by atoms with Gasteiger partial charge in [0.25, 0.3) is 0 Å². The molecule has 1 nitrogen and oxygen atoms in total. The topological polar surface area (TPSA) is 9.23 Å². The van der Waals surface area contributed by atoms with Gasteiger partial charge in [0.15, 0.2) is 0 Å². The molecule has 2 atom stereocenters. The lowest BCUT2D eigenvalue weighted by Crippen LogP contribution is -2.35. The Morgan fingerprint density at radius 1 is 1.00 bits per heavy atom. The Kier molecular flexibility index (Phi) is 3.41. The van der Waals surface area contributed by atoms with Gasteiger partial charge in [0.2, 0.25) is 0 Å². The Morgan fingerprint density at radius 2 is 1.42 bits per heavy atom. The van der Waals surface area contributed by atoms with Crippen LogP contribution in [0.4, 0.5) is 0 Å². The molecule has 1 rings (SSSR count). The van der Waals surface area contributed by atoms with Gasteiger partial charge in [0.1, 0.15) is 0 Å². The quantitative estimate of drug-likeness (QED) is 0.609. The highest BCUT2D eigenvalue weighted by Gasteiger charge is 2.35. The van der Waals surface area contributed by atoms with Crippen LogP contribution in [0.25, 0.3) is 0 Å². The summed E-state index contributed by atoms with van der Waals surface area (Å²) >= 11 is 0. The number of rotatable bonds is 1. The normalized spacial score (nSPS) is 37.2. The largest absolute Gasteiger partial charge is 0.370 e. The lowest BCUT2D eigenvalue weighted by Gasteiger charge is -2.28. The van der Waals surface area contributed by atoms with Crippen LogP contribution in [0.1, 0.15) is 34.6 Å². The summed E-state index contributed by atoms with van der Waals surface area (Å²) < 4.78 is 5.98. The molecule has 1 heterocycles. The van der Waals surface area contributed by atoms with E-state index in [0.29, 0.717) is 16.6 Å². The molecule has 0 radical (unpaired) electrons. The summed E-state index contributed by atoms with van der Waals surface area (Å²) in [6, 6.07) is 0. The molecule has 72 valence electrons. The molecule has 0 aromatic carbocycles. The van der Waals surface area contributed by atoms with Gasteiger partial charge in [-0.05, 0) is 34.6 Å². The number of hydrogen-bond acceptors (Lipinski definition) is 3. The molecule has 0 aromatic heterocycles. The minimum Gasteiger partial charge on any atom is -0.370 e. The summed E-state index contributed by atoms with van der Waals surface area (Å²) in [6.07, 6.45) is 0.417. The fourth-order valence-corrected chi connectivity index (χ4v) is 4.23. The molecular weight excluding hydrogens is 188 g/mol. The smallest absolute Gasteiger partial charge is 0.0830 e. The Morgan fingerprint density at radius 3 is 1.75 bits per heavy atom. The Labute approximate surface area is 83.4 Å². The molecule has 2 unspecified atom stereocenters. The first-order chi connectivity index (χ1) is 5.40. The van der Waals surface area contributed by atoms with E-state index in [-0.39, 0.29) is 5.60 Å². The summed E-state index contributed by atoms with van der Waals surface area (Å²) in [5.41, 5.74) is -0.00134. The average molecular weight is 206 g/mol. The summed E-state index contributed by atoms with van der Waals surface area (Å²) in [7, 11) is 3.89. The van der Waals surface area contributed by atoms with Gasteiger partial charge in [-0.3, -0.25) is 0 Å². The molecule has 0 spiro atoms. The van der Waals surface area contributed by atoms with E-state index in [4.69, 9.17) is 4.74 Å². The van der Waals surface area contributed by atoms with E-state index in [2.05, 4.69) is 34.6 Å². The molecule has 0 aromatic rings. The lowest BCUT2D eigenvalue weighted by molar-refractivity contribution is -0.0557. The van der Waals surface area contributed by atoms with Crippen LogP contribution in [0.5, 0.6) is 0 Å². The average Bonchev–Trinajstić information content (AvgIpc) is 2.16. The third-order valence-electron chi connectivity index (χ3n) is 1.77. The standard InChI is InChI=1S/C9H18OS2/c1-6-8(7(2)12-11-6)10-9(3,4)5/h6-8H,1-5H3. The first kappa shape index (κ1) is 10.7. The van der Waals surface area contributed by atoms with Gasteiger partial charge in [-0.25, -0.2) is 0 Å². The van der Waals surface area contributed by atoms with Crippen molar-refractivity contribution in [3.05, 3.63) is 0 Å². The minimum atomic E-state index is -0.00134. The van der Waals surface area contributed by atoms with Crippen LogP contribution in [0.15, 0.2) is 0 Å². The van der Waals surface area contributed by atoms with Gasteiger partial charge in [0.05, 0.1) is 11.7 Å². The van der Waals surface area contributed by atoms with E-state index in [1.165, 1.54) is 0 Å². The van der Waals surface area contributed by atoms with E-state index in [0.717, 1.165) is 0 Å². The van der Waals surface area contributed by atoms with Crippen molar-refractivity contribution in [2.75, 3.05) is 0 Å². The maximum Gasteiger partial charge on any atom is 0.0830 e. The lowest BCUT2D eigenvalue weighted by atomic mass is 10.1. The van der Waals surface area contributed by atoms with E-state index in [1.54, 1.807) is 0 Å².